The third-order valence-corrected chi connectivity index (χ3v) is 6.34. The van der Waals surface area contributed by atoms with Crippen molar-refractivity contribution in [2.75, 3.05) is 18.9 Å². The number of nitrogens with zero attached hydrogens (tertiary/aromatic N) is 1. The molecule has 1 heterocycles. The van der Waals surface area contributed by atoms with E-state index >= 15 is 0 Å². The van der Waals surface area contributed by atoms with Gasteiger partial charge in [0.2, 0.25) is 10.0 Å². The molecule has 1 unspecified atom stereocenters. The summed E-state index contributed by atoms with van der Waals surface area (Å²) in [6.45, 7) is 0.135. The number of aliphatic hydroxyl groups is 1. The second-order valence-corrected chi connectivity index (χ2v) is 7.78. The van der Waals surface area contributed by atoms with Gasteiger partial charge >= 0.3 is 0 Å². The van der Waals surface area contributed by atoms with Gasteiger partial charge in [-0.25, -0.2) is 8.42 Å². The van der Waals surface area contributed by atoms with Gasteiger partial charge in [0.05, 0.1) is 17.3 Å². The van der Waals surface area contributed by atoms with Crippen LogP contribution in [0.3, 0.4) is 0 Å². The van der Waals surface area contributed by atoms with Crippen molar-refractivity contribution < 1.29 is 13.5 Å². The van der Waals surface area contributed by atoms with Crippen LogP contribution in [0.25, 0.3) is 0 Å². The van der Waals surface area contributed by atoms with E-state index in [2.05, 4.69) is 0 Å². The minimum atomic E-state index is -3.87. The lowest BCUT2D eigenvalue weighted by atomic mass is 10.1. The van der Waals surface area contributed by atoms with Crippen LogP contribution in [-0.2, 0) is 10.0 Å². The molecule has 0 bridgehead atoms. The molecule has 0 spiro atoms. The molecule has 8 heteroatoms. The Labute approximate surface area is 134 Å². The molecule has 1 aliphatic rings. The normalized spacial score (nSPS) is 21.2. The van der Waals surface area contributed by atoms with Crippen LogP contribution >= 0.6 is 23.2 Å². The SMILES string of the molecule is Nc1cc(Cl)cc(Cl)c1S(=O)(=O)N1CCCCCC1CO. The van der Waals surface area contributed by atoms with Gasteiger partial charge in [-0.2, -0.15) is 4.31 Å². The van der Waals surface area contributed by atoms with Gasteiger partial charge < -0.3 is 10.8 Å². The third-order valence-electron chi connectivity index (χ3n) is 3.64. The zero-order valence-corrected chi connectivity index (χ0v) is 13.8. The van der Waals surface area contributed by atoms with E-state index in [-0.39, 0.29) is 27.2 Å². The van der Waals surface area contributed by atoms with E-state index in [1.54, 1.807) is 0 Å². The molecule has 0 aliphatic carbocycles. The van der Waals surface area contributed by atoms with Crippen LogP contribution in [0.5, 0.6) is 0 Å². The quantitative estimate of drug-likeness (QED) is 0.818. The maximum Gasteiger partial charge on any atom is 0.246 e. The summed E-state index contributed by atoms with van der Waals surface area (Å²) >= 11 is 11.9. The highest BCUT2D eigenvalue weighted by Crippen LogP contribution is 2.35. The minimum absolute atomic E-state index is 0.000867. The number of hydrogen-bond acceptors (Lipinski definition) is 4. The van der Waals surface area contributed by atoms with E-state index in [0.29, 0.717) is 13.0 Å². The van der Waals surface area contributed by atoms with Gasteiger partial charge in [-0.05, 0) is 25.0 Å². The van der Waals surface area contributed by atoms with Gasteiger partial charge in [0.1, 0.15) is 4.90 Å². The van der Waals surface area contributed by atoms with Crippen molar-refractivity contribution in [3.63, 3.8) is 0 Å². The van der Waals surface area contributed by atoms with Crippen molar-refractivity contribution >= 4 is 38.9 Å². The molecule has 1 saturated heterocycles. The Morgan fingerprint density at radius 3 is 2.62 bits per heavy atom. The van der Waals surface area contributed by atoms with Crippen molar-refractivity contribution in [3.8, 4) is 0 Å². The zero-order chi connectivity index (χ0) is 15.6. The molecule has 21 heavy (non-hydrogen) atoms. The average Bonchev–Trinajstić information content (AvgIpc) is 2.62. The summed E-state index contributed by atoms with van der Waals surface area (Å²) in [4.78, 5) is -0.131. The summed E-state index contributed by atoms with van der Waals surface area (Å²) < 4.78 is 27.1. The van der Waals surface area contributed by atoms with Crippen LogP contribution in [0.15, 0.2) is 17.0 Å². The molecule has 1 aromatic carbocycles. The van der Waals surface area contributed by atoms with Crippen LogP contribution in [0, 0.1) is 0 Å². The van der Waals surface area contributed by atoms with Crippen molar-refractivity contribution in [2.24, 2.45) is 0 Å². The number of aliphatic hydroxyl groups excluding tert-OH is 1. The van der Waals surface area contributed by atoms with Gasteiger partial charge in [-0.3, -0.25) is 0 Å². The first-order valence-electron chi connectivity index (χ1n) is 6.75. The van der Waals surface area contributed by atoms with Crippen molar-refractivity contribution in [2.45, 2.75) is 36.6 Å². The molecule has 1 aromatic rings. The number of anilines is 1. The molecule has 2 rings (SSSR count). The highest BCUT2D eigenvalue weighted by Gasteiger charge is 2.34. The van der Waals surface area contributed by atoms with Crippen LogP contribution in [0.4, 0.5) is 5.69 Å². The summed E-state index contributed by atoms with van der Waals surface area (Å²) in [7, 11) is -3.87. The standard InChI is InChI=1S/C13H18Cl2N2O3S/c14-9-6-11(15)13(12(16)7-9)21(19,20)17-5-3-1-2-4-10(17)8-18/h6-7,10,18H,1-5,8,16H2. The molecular weight excluding hydrogens is 335 g/mol. The zero-order valence-electron chi connectivity index (χ0n) is 11.4. The fourth-order valence-corrected chi connectivity index (χ4v) is 5.25. The first kappa shape index (κ1) is 16.8. The molecule has 1 fully saturated rings. The predicted molar refractivity (Wildman–Crippen MR) is 84.1 cm³/mol. The summed E-state index contributed by atoms with van der Waals surface area (Å²) in [5, 5.41) is 9.77. The van der Waals surface area contributed by atoms with Crippen LogP contribution in [0.2, 0.25) is 10.0 Å². The Balaban J connectivity index is 2.50. The van der Waals surface area contributed by atoms with Gasteiger partial charge in [-0.1, -0.05) is 36.0 Å². The smallest absolute Gasteiger partial charge is 0.246 e. The maximum atomic E-state index is 12.9. The van der Waals surface area contributed by atoms with Crippen molar-refractivity contribution in [1.29, 1.82) is 0 Å². The third kappa shape index (κ3) is 3.46. The van der Waals surface area contributed by atoms with Gasteiger partial charge in [0.25, 0.3) is 0 Å². The largest absolute Gasteiger partial charge is 0.398 e. The number of sulfonamides is 1. The van der Waals surface area contributed by atoms with E-state index < -0.39 is 16.1 Å². The average molecular weight is 353 g/mol. The Bertz CT molecular complexity index is 599. The van der Waals surface area contributed by atoms with Gasteiger partial charge in [-0.15, -0.1) is 0 Å². The summed E-state index contributed by atoms with van der Waals surface area (Å²) in [5.41, 5.74) is 5.83. The molecule has 3 N–H and O–H groups in total. The maximum absolute atomic E-state index is 12.9. The van der Waals surface area contributed by atoms with E-state index in [0.717, 1.165) is 19.3 Å². The fraction of sp³-hybridized carbons (Fsp3) is 0.538. The lowest BCUT2D eigenvalue weighted by Gasteiger charge is -2.28. The summed E-state index contributed by atoms with van der Waals surface area (Å²) in [5.74, 6) is 0. The van der Waals surface area contributed by atoms with Crippen LogP contribution < -0.4 is 5.73 Å². The second kappa shape index (κ2) is 6.71. The monoisotopic (exact) mass is 352 g/mol. The molecule has 1 aliphatic heterocycles. The molecule has 5 nitrogen and oxygen atoms in total. The Morgan fingerprint density at radius 2 is 2.00 bits per heavy atom. The van der Waals surface area contributed by atoms with E-state index in [9.17, 15) is 13.5 Å². The Hall–Kier alpha value is -0.530. The number of nitrogens with two attached hydrogens (primary N) is 1. The summed E-state index contributed by atoms with van der Waals surface area (Å²) in [6, 6.07) is 2.29. The number of hydrogen-bond donors (Lipinski definition) is 2. The van der Waals surface area contributed by atoms with E-state index in [4.69, 9.17) is 28.9 Å². The van der Waals surface area contributed by atoms with Crippen LogP contribution in [-0.4, -0.2) is 37.0 Å². The molecule has 0 radical (unpaired) electrons. The van der Waals surface area contributed by atoms with Gasteiger partial charge in [0.15, 0.2) is 0 Å². The summed E-state index contributed by atoms with van der Waals surface area (Å²) in [6.07, 6.45) is 3.20. The highest BCUT2D eigenvalue weighted by atomic mass is 35.5. The molecule has 0 saturated carbocycles. The lowest BCUT2D eigenvalue weighted by molar-refractivity contribution is 0.186. The number of nitrogen functional groups attached to an aromatic ring is 1. The van der Waals surface area contributed by atoms with E-state index in [1.165, 1.54) is 16.4 Å². The lowest BCUT2D eigenvalue weighted by Crippen LogP contribution is -2.42. The molecule has 1 atom stereocenters. The first-order valence-corrected chi connectivity index (χ1v) is 8.94. The molecule has 0 aromatic heterocycles. The van der Waals surface area contributed by atoms with E-state index in [1.807, 2.05) is 0 Å². The Morgan fingerprint density at radius 1 is 1.29 bits per heavy atom. The number of benzene rings is 1. The number of rotatable bonds is 3. The number of halogens is 2. The topological polar surface area (TPSA) is 83.6 Å². The Kier molecular flexibility index (Phi) is 5.38. The van der Waals surface area contributed by atoms with Crippen molar-refractivity contribution in [3.05, 3.63) is 22.2 Å². The first-order chi connectivity index (χ1) is 9.87. The van der Waals surface area contributed by atoms with Crippen LogP contribution in [0.1, 0.15) is 25.7 Å². The predicted octanol–water partition coefficient (Wildman–Crippen LogP) is 2.50. The minimum Gasteiger partial charge on any atom is -0.398 e. The second-order valence-electron chi connectivity index (χ2n) is 5.11. The molecular formula is C13H18Cl2N2O3S. The van der Waals surface area contributed by atoms with Crippen molar-refractivity contribution in [1.82, 2.24) is 4.31 Å². The molecule has 118 valence electrons. The highest BCUT2D eigenvalue weighted by molar-refractivity contribution is 7.89. The van der Waals surface area contributed by atoms with Gasteiger partial charge in [0, 0.05) is 17.6 Å². The molecule has 0 amide bonds. The fourth-order valence-electron chi connectivity index (χ4n) is 2.62.